The molecule has 1 saturated heterocycles. The minimum Gasteiger partial charge on any atom is -0.312 e. The molecular formula is C25H43N3O. The summed E-state index contributed by atoms with van der Waals surface area (Å²) < 4.78 is 0. The predicted octanol–water partition coefficient (Wildman–Crippen LogP) is 4.99. The monoisotopic (exact) mass is 401 g/mol. The Bertz CT molecular complexity index is 589. The number of allylic oxidation sites excluding steroid dienone is 4. The number of amides is 1. The number of hydrogen-bond acceptors (Lipinski definition) is 3. The number of nitrogens with zero attached hydrogens (tertiary/aromatic N) is 3. The average Bonchev–Trinajstić information content (AvgIpc) is 2.70. The highest BCUT2D eigenvalue weighted by Gasteiger charge is 2.24. The van der Waals surface area contributed by atoms with Crippen molar-refractivity contribution in [3.63, 3.8) is 0 Å². The first-order valence-electron chi connectivity index (χ1n) is 11.6. The van der Waals surface area contributed by atoms with Crippen molar-refractivity contribution in [2.75, 3.05) is 39.3 Å². The van der Waals surface area contributed by atoms with Crippen LogP contribution in [0.5, 0.6) is 0 Å². The van der Waals surface area contributed by atoms with Crippen LogP contribution in [0.25, 0.3) is 0 Å². The molecule has 1 heterocycles. The van der Waals surface area contributed by atoms with Crippen molar-refractivity contribution in [1.82, 2.24) is 14.7 Å². The van der Waals surface area contributed by atoms with Crippen LogP contribution in [-0.2, 0) is 4.79 Å². The topological polar surface area (TPSA) is 26.8 Å². The predicted molar refractivity (Wildman–Crippen MR) is 124 cm³/mol. The van der Waals surface area contributed by atoms with Gasteiger partial charge >= 0.3 is 0 Å². The van der Waals surface area contributed by atoms with E-state index in [2.05, 4.69) is 36.3 Å². The molecule has 2 fully saturated rings. The summed E-state index contributed by atoms with van der Waals surface area (Å²) in [4.78, 5) is 19.5. The SMILES string of the molecule is C=C(C)C(=CC=C(C)C)N(CCCCN1CCN(C2CCCCC2)CC1)C(C)=O. The Hall–Kier alpha value is -1.39. The van der Waals surface area contributed by atoms with Gasteiger partial charge in [-0.15, -0.1) is 0 Å². The molecule has 0 aromatic carbocycles. The van der Waals surface area contributed by atoms with Crippen LogP contribution in [0.2, 0.25) is 0 Å². The van der Waals surface area contributed by atoms with E-state index in [0.717, 1.165) is 43.2 Å². The normalized spacial score (nSPS) is 19.8. The van der Waals surface area contributed by atoms with E-state index < -0.39 is 0 Å². The maximum absolute atomic E-state index is 12.2. The molecule has 0 aromatic heterocycles. The highest BCUT2D eigenvalue weighted by Crippen LogP contribution is 2.23. The quantitative estimate of drug-likeness (QED) is 0.402. The Morgan fingerprint density at radius 3 is 2.17 bits per heavy atom. The molecule has 2 rings (SSSR count). The van der Waals surface area contributed by atoms with E-state index in [4.69, 9.17) is 0 Å². The lowest BCUT2D eigenvalue weighted by atomic mass is 9.94. The van der Waals surface area contributed by atoms with Crippen molar-refractivity contribution in [3.8, 4) is 0 Å². The van der Waals surface area contributed by atoms with Crippen molar-refractivity contribution < 1.29 is 4.79 Å². The summed E-state index contributed by atoms with van der Waals surface area (Å²) in [6.07, 6.45) is 13.4. The molecule has 4 heteroatoms. The third-order valence-corrected chi connectivity index (χ3v) is 6.29. The summed E-state index contributed by atoms with van der Waals surface area (Å²) in [5, 5.41) is 0. The minimum atomic E-state index is 0.0995. The van der Waals surface area contributed by atoms with Gasteiger partial charge in [-0.1, -0.05) is 37.5 Å². The summed E-state index contributed by atoms with van der Waals surface area (Å²) in [5.74, 6) is 0.0995. The highest BCUT2D eigenvalue weighted by atomic mass is 16.2. The summed E-state index contributed by atoms with van der Waals surface area (Å²) in [5.41, 5.74) is 3.11. The number of hydrogen-bond donors (Lipinski definition) is 0. The minimum absolute atomic E-state index is 0.0995. The Morgan fingerprint density at radius 2 is 1.62 bits per heavy atom. The maximum Gasteiger partial charge on any atom is 0.223 e. The summed E-state index contributed by atoms with van der Waals surface area (Å²) >= 11 is 0. The van der Waals surface area contributed by atoms with Crippen LogP contribution in [0.3, 0.4) is 0 Å². The Balaban J connectivity index is 1.75. The van der Waals surface area contributed by atoms with Gasteiger partial charge < -0.3 is 9.80 Å². The Kier molecular flexibility index (Phi) is 10.2. The van der Waals surface area contributed by atoms with Crippen molar-refractivity contribution in [1.29, 1.82) is 0 Å². The maximum atomic E-state index is 12.2. The number of carbonyl (C=O) groups excluding carboxylic acids is 1. The summed E-state index contributed by atoms with van der Waals surface area (Å²) in [7, 11) is 0. The number of piperazine rings is 1. The Morgan fingerprint density at radius 1 is 0.966 bits per heavy atom. The van der Waals surface area contributed by atoms with Gasteiger partial charge in [-0.2, -0.15) is 0 Å². The Labute approximate surface area is 179 Å². The van der Waals surface area contributed by atoms with Crippen LogP contribution in [0.1, 0.15) is 72.6 Å². The zero-order valence-corrected chi connectivity index (χ0v) is 19.4. The molecule has 0 spiro atoms. The first-order chi connectivity index (χ1) is 13.9. The number of carbonyl (C=O) groups is 1. The fourth-order valence-corrected chi connectivity index (χ4v) is 4.56. The zero-order valence-electron chi connectivity index (χ0n) is 19.4. The van der Waals surface area contributed by atoms with E-state index in [1.807, 2.05) is 17.9 Å². The van der Waals surface area contributed by atoms with E-state index in [0.29, 0.717) is 0 Å². The fourth-order valence-electron chi connectivity index (χ4n) is 4.56. The van der Waals surface area contributed by atoms with E-state index in [1.54, 1.807) is 6.92 Å². The second-order valence-corrected chi connectivity index (χ2v) is 9.12. The molecule has 0 N–H and O–H groups in total. The molecular weight excluding hydrogens is 358 g/mol. The zero-order chi connectivity index (χ0) is 21.2. The van der Waals surface area contributed by atoms with Gasteiger partial charge in [0.25, 0.3) is 0 Å². The summed E-state index contributed by atoms with van der Waals surface area (Å²) in [6.45, 7) is 18.6. The first-order valence-corrected chi connectivity index (χ1v) is 11.6. The van der Waals surface area contributed by atoms with Crippen LogP contribution in [0.15, 0.2) is 35.6 Å². The van der Waals surface area contributed by atoms with Crippen LogP contribution >= 0.6 is 0 Å². The molecule has 0 bridgehead atoms. The average molecular weight is 402 g/mol. The second-order valence-electron chi connectivity index (χ2n) is 9.12. The second kappa shape index (κ2) is 12.3. The van der Waals surface area contributed by atoms with E-state index >= 15 is 0 Å². The highest BCUT2D eigenvalue weighted by molar-refractivity contribution is 5.76. The van der Waals surface area contributed by atoms with Gasteiger partial charge in [-0.25, -0.2) is 0 Å². The van der Waals surface area contributed by atoms with Crippen molar-refractivity contribution in [3.05, 3.63) is 35.6 Å². The van der Waals surface area contributed by atoms with Gasteiger partial charge in [0.1, 0.15) is 0 Å². The van der Waals surface area contributed by atoms with Crippen LogP contribution in [0, 0.1) is 0 Å². The van der Waals surface area contributed by atoms with Gasteiger partial charge in [-0.05, 0) is 64.6 Å². The lowest BCUT2D eigenvalue weighted by molar-refractivity contribution is -0.126. The molecule has 0 atom stereocenters. The number of unbranched alkanes of at least 4 members (excludes halogenated alkanes) is 1. The molecule has 164 valence electrons. The van der Waals surface area contributed by atoms with Gasteiger partial charge in [0.05, 0.1) is 0 Å². The van der Waals surface area contributed by atoms with Gasteiger partial charge in [-0.3, -0.25) is 9.69 Å². The number of rotatable bonds is 9. The van der Waals surface area contributed by atoms with Crippen molar-refractivity contribution in [2.24, 2.45) is 0 Å². The van der Waals surface area contributed by atoms with Gasteiger partial charge in [0.2, 0.25) is 5.91 Å². The van der Waals surface area contributed by atoms with Gasteiger partial charge in [0.15, 0.2) is 0 Å². The molecule has 29 heavy (non-hydrogen) atoms. The van der Waals surface area contributed by atoms with Crippen molar-refractivity contribution in [2.45, 2.75) is 78.7 Å². The largest absolute Gasteiger partial charge is 0.312 e. The van der Waals surface area contributed by atoms with E-state index in [9.17, 15) is 4.79 Å². The molecule has 1 amide bonds. The lowest BCUT2D eigenvalue weighted by Crippen LogP contribution is -2.50. The van der Waals surface area contributed by atoms with Crippen molar-refractivity contribution >= 4 is 5.91 Å². The summed E-state index contributed by atoms with van der Waals surface area (Å²) in [6, 6.07) is 0.850. The molecule has 1 aliphatic heterocycles. The molecule has 0 unspecified atom stereocenters. The molecule has 0 aromatic rings. The molecule has 4 nitrogen and oxygen atoms in total. The molecule has 2 aliphatic rings. The molecule has 0 radical (unpaired) electrons. The standard InChI is InChI=1S/C25H43N3O/c1-21(2)13-14-25(22(3)4)28(23(5)29)16-10-9-15-26-17-19-27(20-18-26)24-11-7-6-8-12-24/h13-14,24H,3,6-12,15-20H2,1-2,4-5H3. The molecule has 1 saturated carbocycles. The van der Waals surface area contributed by atoms with Crippen LogP contribution in [-0.4, -0.2) is 65.9 Å². The fraction of sp³-hybridized carbons (Fsp3) is 0.720. The van der Waals surface area contributed by atoms with E-state index in [-0.39, 0.29) is 5.91 Å². The van der Waals surface area contributed by atoms with Crippen LogP contribution < -0.4 is 0 Å². The van der Waals surface area contributed by atoms with Gasteiger partial charge in [0, 0.05) is 51.4 Å². The lowest BCUT2D eigenvalue weighted by Gasteiger charge is -2.40. The smallest absolute Gasteiger partial charge is 0.223 e. The van der Waals surface area contributed by atoms with Crippen LogP contribution in [0.4, 0.5) is 0 Å². The van der Waals surface area contributed by atoms with E-state index in [1.165, 1.54) is 63.9 Å². The third-order valence-electron chi connectivity index (χ3n) is 6.29. The first kappa shape index (κ1) is 23.9. The third kappa shape index (κ3) is 8.10. The molecule has 1 aliphatic carbocycles.